The lowest BCUT2D eigenvalue weighted by Crippen LogP contribution is -2.35. The van der Waals surface area contributed by atoms with E-state index in [1.165, 1.54) is 6.20 Å². The van der Waals surface area contributed by atoms with Crippen LogP contribution in [0.15, 0.2) is 18.3 Å². The van der Waals surface area contributed by atoms with Gasteiger partial charge in [-0.05, 0) is 19.1 Å². The highest BCUT2D eigenvalue weighted by Gasteiger charge is 2.09. The molecule has 1 aromatic heterocycles. The first-order valence-electron chi connectivity index (χ1n) is 5.09. The Morgan fingerprint density at radius 2 is 2.25 bits per heavy atom. The van der Waals surface area contributed by atoms with E-state index < -0.39 is 0 Å². The van der Waals surface area contributed by atoms with Crippen molar-refractivity contribution in [3.05, 3.63) is 23.9 Å². The van der Waals surface area contributed by atoms with Crippen LogP contribution in [0.2, 0.25) is 0 Å². The van der Waals surface area contributed by atoms with Crippen molar-refractivity contribution in [2.45, 2.75) is 13.0 Å². The number of anilines is 1. The molecule has 1 unspecified atom stereocenters. The number of rotatable bonds is 4. The lowest BCUT2D eigenvalue weighted by molar-refractivity contribution is 0.0922. The summed E-state index contributed by atoms with van der Waals surface area (Å²) in [5, 5.41) is 11.5. The summed E-state index contributed by atoms with van der Waals surface area (Å²) < 4.78 is 0. The van der Waals surface area contributed by atoms with Crippen molar-refractivity contribution in [3.63, 3.8) is 0 Å². The molecule has 0 fully saturated rings. The van der Waals surface area contributed by atoms with Gasteiger partial charge in [-0.25, -0.2) is 4.98 Å². The fourth-order valence-corrected chi connectivity index (χ4v) is 1.14. The SMILES string of the molecule is CC(CO)NC(=O)c1ccc(N(C)C)nc1. The molecule has 0 saturated carbocycles. The first-order valence-corrected chi connectivity index (χ1v) is 5.09. The van der Waals surface area contributed by atoms with Crippen LogP contribution in [-0.4, -0.2) is 42.7 Å². The minimum atomic E-state index is -0.249. The molecule has 0 aromatic carbocycles. The van der Waals surface area contributed by atoms with Gasteiger partial charge in [0.2, 0.25) is 0 Å². The zero-order valence-corrected chi connectivity index (χ0v) is 9.77. The summed E-state index contributed by atoms with van der Waals surface area (Å²) >= 11 is 0. The van der Waals surface area contributed by atoms with Crippen molar-refractivity contribution in [3.8, 4) is 0 Å². The molecule has 5 nitrogen and oxygen atoms in total. The molecule has 1 atom stereocenters. The Hall–Kier alpha value is -1.62. The third-order valence-corrected chi connectivity index (χ3v) is 2.12. The fourth-order valence-electron chi connectivity index (χ4n) is 1.14. The normalized spacial score (nSPS) is 12.0. The molecule has 0 radical (unpaired) electrons. The Kier molecular flexibility index (Phi) is 4.25. The van der Waals surface area contributed by atoms with Crippen molar-refractivity contribution in [2.75, 3.05) is 25.6 Å². The van der Waals surface area contributed by atoms with Gasteiger partial charge in [-0.1, -0.05) is 0 Å². The molecular formula is C11H17N3O2. The van der Waals surface area contributed by atoms with Gasteiger partial charge in [0.15, 0.2) is 0 Å². The number of pyridine rings is 1. The van der Waals surface area contributed by atoms with Gasteiger partial charge in [-0.2, -0.15) is 0 Å². The molecule has 5 heteroatoms. The number of aromatic nitrogens is 1. The summed E-state index contributed by atoms with van der Waals surface area (Å²) in [7, 11) is 3.77. The number of nitrogens with one attached hydrogen (secondary N) is 1. The molecule has 2 N–H and O–H groups in total. The van der Waals surface area contributed by atoms with E-state index in [0.29, 0.717) is 5.56 Å². The smallest absolute Gasteiger partial charge is 0.253 e. The molecule has 1 aromatic rings. The van der Waals surface area contributed by atoms with Gasteiger partial charge in [-0.15, -0.1) is 0 Å². The molecule has 16 heavy (non-hydrogen) atoms. The summed E-state index contributed by atoms with van der Waals surface area (Å²) in [4.78, 5) is 17.6. The van der Waals surface area contributed by atoms with Crippen LogP contribution in [0.3, 0.4) is 0 Å². The second kappa shape index (κ2) is 5.46. The first kappa shape index (κ1) is 12.4. The molecule has 0 bridgehead atoms. The van der Waals surface area contributed by atoms with E-state index in [4.69, 9.17) is 5.11 Å². The minimum Gasteiger partial charge on any atom is -0.394 e. The maximum atomic E-state index is 11.6. The van der Waals surface area contributed by atoms with Crippen molar-refractivity contribution >= 4 is 11.7 Å². The van der Waals surface area contributed by atoms with E-state index in [2.05, 4.69) is 10.3 Å². The predicted octanol–water partition coefficient (Wildman–Crippen LogP) is 0.258. The zero-order chi connectivity index (χ0) is 12.1. The maximum Gasteiger partial charge on any atom is 0.253 e. The minimum absolute atomic E-state index is 0.0745. The van der Waals surface area contributed by atoms with Gasteiger partial charge < -0.3 is 15.3 Å². The second-order valence-electron chi connectivity index (χ2n) is 3.86. The number of carbonyl (C=O) groups is 1. The molecular weight excluding hydrogens is 206 g/mol. The van der Waals surface area contributed by atoms with Crippen LogP contribution in [-0.2, 0) is 0 Å². The molecule has 1 heterocycles. The Morgan fingerprint density at radius 1 is 1.56 bits per heavy atom. The van der Waals surface area contributed by atoms with E-state index in [1.54, 1.807) is 19.1 Å². The van der Waals surface area contributed by atoms with Crippen LogP contribution >= 0.6 is 0 Å². The van der Waals surface area contributed by atoms with Gasteiger partial charge in [0.05, 0.1) is 12.2 Å². The van der Waals surface area contributed by atoms with Crippen LogP contribution in [0.1, 0.15) is 17.3 Å². The number of amides is 1. The number of hydrogen-bond donors (Lipinski definition) is 2. The molecule has 0 spiro atoms. The van der Waals surface area contributed by atoms with E-state index >= 15 is 0 Å². The summed E-state index contributed by atoms with van der Waals surface area (Å²) in [6, 6.07) is 3.24. The van der Waals surface area contributed by atoms with Gasteiger partial charge >= 0.3 is 0 Å². The van der Waals surface area contributed by atoms with E-state index in [0.717, 1.165) is 5.82 Å². The topological polar surface area (TPSA) is 65.5 Å². The molecule has 1 amide bonds. The van der Waals surface area contributed by atoms with Crippen LogP contribution in [0, 0.1) is 0 Å². The predicted molar refractivity (Wildman–Crippen MR) is 62.6 cm³/mol. The third kappa shape index (κ3) is 3.20. The number of nitrogens with zero attached hydrogens (tertiary/aromatic N) is 2. The molecule has 0 aliphatic heterocycles. The van der Waals surface area contributed by atoms with Gasteiger partial charge in [-0.3, -0.25) is 4.79 Å². The lowest BCUT2D eigenvalue weighted by atomic mass is 10.2. The Bertz CT molecular complexity index is 349. The van der Waals surface area contributed by atoms with Gasteiger partial charge in [0, 0.05) is 26.3 Å². The van der Waals surface area contributed by atoms with E-state index in [-0.39, 0.29) is 18.6 Å². The number of aliphatic hydroxyl groups excluding tert-OH is 1. The average Bonchev–Trinajstić information content (AvgIpc) is 2.28. The van der Waals surface area contributed by atoms with Crippen LogP contribution < -0.4 is 10.2 Å². The Labute approximate surface area is 95.1 Å². The van der Waals surface area contributed by atoms with E-state index in [1.807, 2.05) is 19.0 Å². The highest BCUT2D eigenvalue weighted by atomic mass is 16.3. The molecule has 1 rings (SSSR count). The summed E-state index contributed by atoms with van der Waals surface area (Å²) in [5.41, 5.74) is 0.492. The maximum absolute atomic E-state index is 11.6. The summed E-state index contributed by atoms with van der Waals surface area (Å²) in [5.74, 6) is 0.575. The summed E-state index contributed by atoms with van der Waals surface area (Å²) in [6.45, 7) is 1.66. The van der Waals surface area contributed by atoms with Crippen LogP contribution in [0.25, 0.3) is 0 Å². The zero-order valence-electron chi connectivity index (χ0n) is 9.77. The monoisotopic (exact) mass is 223 g/mol. The Balaban J connectivity index is 2.70. The molecule has 0 saturated heterocycles. The van der Waals surface area contributed by atoms with Gasteiger partial charge in [0.1, 0.15) is 5.82 Å². The van der Waals surface area contributed by atoms with Gasteiger partial charge in [0.25, 0.3) is 5.91 Å². The summed E-state index contributed by atoms with van der Waals surface area (Å²) in [6.07, 6.45) is 1.52. The largest absolute Gasteiger partial charge is 0.394 e. The highest BCUT2D eigenvalue weighted by molar-refractivity contribution is 5.94. The fraction of sp³-hybridized carbons (Fsp3) is 0.455. The average molecular weight is 223 g/mol. The second-order valence-corrected chi connectivity index (χ2v) is 3.86. The lowest BCUT2D eigenvalue weighted by Gasteiger charge is -2.13. The standard InChI is InChI=1S/C11H17N3O2/c1-8(7-15)13-11(16)9-4-5-10(12-6-9)14(2)3/h4-6,8,15H,7H2,1-3H3,(H,13,16). The van der Waals surface area contributed by atoms with Crippen LogP contribution in [0.4, 0.5) is 5.82 Å². The molecule has 0 aliphatic rings. The van der Waals surface area contributed by atoms with E-state index in [9.17, 15) is 4.79 Å². The van der Waals surface area contributed by atoms with Crippen molar-refractivity contribution < 1.29 is 9.90 Å². The molecule has 0 aliphatic carbocycles. The van der Waals surface area contributed by atoms with Crippen molar-refractivity contribution in [1.29, 1.82) is 0 Å². The first-order chi connectivity index (χ1) is 7.54. The quantitative estimate of drug-likeness (QED) is 0.768. The van der Waals surface area contributed by atoms with Crippen LogP contribution in [0.5, 0.6) is 0 Å². The Morgan fingerprint density at radius 3 is 2.69 bits per heavy atom. The molecule has 88 valence electrons. The highest BCUT2D eigenvalue weighted by Crippen LogP contribution is 2.07. The van der Waals surface area contributed by atoms with Crippen molar-refractivity contribution in [1.82, 2.24) is 10.3 Å². The number of hydrogen-bond acceptors (Lipinski definition) is 4. The van der Waals surface area contributed by atoms with Crippen molar-refractivity contribution in [2.24, 2.45) is 0 Å². The number of carbonyl (C=O) groups excluding carboxylic acids is 1. The third-order valence-electron chi connectivity index (χ3n) is 2.12. The number of aliphatic hydroxyl groups is 1.